The number of halogens is 2. The molecule has 0 radical (unpaired) electrons. The Morgan fingerprint density at radius 3 is 2.23 bits per heavy atom. The molecule has 2 aromatic rings. The molecule has 2 N–H and O–H groups in total. The summed E-state index contributed by atoms with van der Waals surface area (Å²) in [4.78, 5) is 12.0. The van der Waals surface area contributed by atoms with E-state index in [2.05, 4.69) is 10.0 Å². The first-order valence-electron chi connectivity index (χ1n) is 6.09. The highest BCUT2D eigenvalue weighted by Crippen LogP contribution is 2.20. The Bertz CT molecular complexity index is 807. The third kappa shape index (κ3) is 4.44. The van der Waals surface area contributed by atoms with Crippen LogP contribution < -0.4 is 10.0 Å². The minimum absolute atomic E-state index is 0.0921. The molecule has 22 heavy (non-hydrogen) atoms. The molecule has 0 bridgehead atoms. The standard InChI is InChI=1S/C14H12ClFN2O3S/c1-22(20,21)18-10-4-2-9(3-5-10)14(19)17-11-6-7-13(16)12(15)8-11/h2-8,18H,1H3,(H,17,19). The lowest BCUT2D eigenvalue weighted by Crippen LogP contribution is -2.13. The van der Waals surface area contributed by atoms with Crippen LogP contribution in [-0.4, -0.2) is 20.6 Å². The van der Waals surface area contributed by atoms with Gasteiger partial charge in [0.1, 0.15) is 5.82 Å². The molecular weight excluding hydrogens is 331 g/mol. The number of hydrogen-bond acceptors (Lipinski definition) is 3. The fraction of sp³-hybridized carbons (Fsp3) is 0.0714. The maximum atomic E-state index is 13.0. The zero-order valence-electron chi connectivity index (χ0n) is 11.4. The fourth-order valence-corrected chi connectivity index (χ4v) is 2.43. The van der Waals surface area contributed by atoms with Crippen molar-refractivity contribution in [3.8, 4) is 0 Å². The summed E-state index contributed by atoms with van der Waals surface area (Å²) in [5.41, 5.74) is 1.03. The van der Waals surface area contributed by atoms with Crippen molar-refractivity contribution in [2.75, 3.05) is 16.3 Å². The molecule has 0 unspecified atom stereocenters. The molecule has 8 heteroatoms. The monoisotopic (exact) mass is 342 g/mol. The molecule has 1 amide bonds. The topological polar surface area (TPSA) is 75.3 Å². The van der Waals surface area contributed by atoms with Gasteiger partial charge in [-0.1, -0.05) is 11.6 Å². The molecule has 2 aromatic carbocycles. The molecule has 116 valence electrons. The van der Waals surface area contributed by atoms with E-state index in [1.165, 1.54) is 36.4 Å². The second-order valence-electron chi connectivity index (χ2n) is 4.53. The van der Waals surface area contributed by atoms with Crippen molar-refractivity contribution in [1.29, 1.82) is 0 Å². The van der Waals surface area contributed by atoms with Gasteiger partial charge < -0.3 is 5.32 Å². The van der Waals surface area contributed by atoms with Gasteiger partial charge in [-0.2, -0.15) is 0 Å². The highest BCUT2D eigenvalue weighted by Gasteiger charge is 2.09. The summed E-state index contributed by atoms with van der Waals surface area (Å²) in [5.74, 6) is -0.996. The van der Waals surface area contributed by atoms with Crippen molar-refractivity contribution >= 4 is 38.9 Å². The normalized spacial score (nSPS) is 11.0. The summed E-state index contributed by atoms with van der Waals surface area (Å²) in [6.07, 6.45) is 1.03. The average Bonchev–Trinajstić information content (AvgIpc) is 2.42. The lowest BCUT2D eigenvalue weighted by atomic mass is 10.2. The average molecular weight is 343 g/mol. The molecule has 0 aliphatic heterocycles. The number of amides is 1. The highest BCUT2D eigenvalue weighted by molar-refractivity contribution is 7.92. The second-order valence-corrected chi connectivity index (χ2v) is 6.69. The molecule has 0 aliphatic carbocycles. The zero-order valence-corrected chi connectivity index (χ0v) is 13.0. The summed E-state index contributed by atoms with van der Waals surface area (Å²) in [7, 11) is -3.37. The smallest absolute Gasteiger partial charge is 0.255 e. The molecule has 2 rings (SSSR count). The summed E-state index contributed by atoms with van der Waals surface area (Å²) >= 11 is 5.63. The summed E-state index contributed by atoms with van der Waals surface area (Å²) in [6.45, 7) is 0. The number of carbonyl (C=O) groups is 1. The molecule has 0 saturated carbocycles. The summed E-state index contributed by atoms with van der Waals surface area (Å²) in [6, 6.07) is 9.70. The van der Waals surface area contributed by atoms with Gasteiger partial charge in [0.05, 0.1) is 11.3 Å². The quantitative estimate of drug-likeness (QED) is 0.896. The van der Waals surface area contributed by atoms with Crippen LogP contribution in [0.3, 0.4) is 0 Å². The van der Waals surface area contributed by atoms with Crippen LogP contribution in [0.5, 0.6) is 0 Å². The van der Waals surface area contributed by atoms with E-state index in [0.29, 0.717) is 16.9 Å². The van der Waals surface area contributed by atoms with Gasteiger partial charge in [-0.3, -0.25) is 9.52 Å². The second kappa shape index (κ2) is 6.33. The lowest BCUT2D eigenvalue weighted by molar-refractivity contribution is 0.102. The number of anilines is 2. The van der Waals surface area contributed by atoms with Crippen LogP contribution in [0.15, 0.2) is 42.5 Å². The van der Waals surface area contributed by atoms with Crippen LogP contribution in [0, 0.1) is 5.82 Å². The Balaban J connectivity index is 2.11. The van der Waals surface area contributed by atoms with Gasteiger partial charge in [0, 0.05) is 16.9 Å². The minimum atomic E-state index is -3.37. The Labute approximate surface area is 132 Å². The van der Waals surface area contributed by atoms with Crippen molar-refractivity contribution in [2.45, 2.75) is 0 Å². The Hall–Kier alpha value is -2.12. The minimum Gasteiger partial charge on any atom is -0.322 e. The molecule has 5 nitrogen and oxygen atoms in total. The van der Waals surface area contributed by atoms with Crippen molar-refractivity contribution < 1.29 is 17.6 Å². The van der Waals surface area contributed by atoms with Crippen molar-refractivity contribution in [1.82, 2.24) is 0 Å². The number of benzene rings is 2. The van der Waals surface area contributed by atoms with Crippen LogP contribution in [0.25, 0.3) is 0 Å². The summed E-state index contributed by atoms with van der Waals surface area (Å²) in [5, 5.41) is 2.47. The number of nitrogens with one attached hydrogen (secondary N) is 2. The van der Waals surface area contributed by atoms with Crippen molar-refractivity contribution in [2.24, 2.45) is 0 Å². The van der Waals surface area contributed by atoms with Crippen LogP contribution in [0.4, 0.5) is 15.8 Å². The first kappa shape index (κ1) is 16.3. The molecular formula is C14H12ClFN2O3S. The predicted molar refractivity (Wildman–Crippen MR) is 84.3 cm³/mol. The maximum absolute atomic E-state index is 13.0. The van der Waals surface area contributed by atoms with E-state index in [1.54, 1.807) is 0 Å². The number of carbonyl (C=O) groups excluding carboxylic acids is 1. The van der Waals surface area contributed by atoms with E-state index in [0.717, 1.165) is 12.3 Å². The third-order valence-corrected chi connectivity index (χ3v) is 3.52. The zero-order chi connectivity index (χ0) is 16.3. The van der Waals surface area contributed by atoms with Gasteiger partial charge in [0.2, 0.25) is 10.0 Å². The van der Waals surface area contributed by atoms with Crippen LogP contribution in [0.1, 0.15) is 10.4 Å². The SMILES string of the molecule is CS(=O)(=O)Nc1ccc(C(=O)Nc2ccc(F)c(Cl)c2)cc1. The first-order valence-corrected chi connectivity index (χ1v) is 8.36. The number of hydrogen-bond donors (Lipinski definition) is 2. The van der Waals surface area contributed by atoms with Crippen molar-refractivity contribution in [3.05, 3.63) is 58.9 Å². The van der Waals surface area contributed by atoms with E-state index in [9.17, 15) is 17.6 Å². The van der Waals surface area contributed by atoms with Gasteiger partial charge in [-0.05, 0) is 42.5 Å². The molecule has 0 atom stereocenters. The predicted octanol–water partition coefficient (Wildman–Crippen LogP) is 3.10. The fourth-order valence-electron chi connectivity index (χ4n) is 1.68. The molecule has 0 heterocycles. The number of sulfonamides is 1. The lowest BCUT2D eigenvalue weighted by Gasteiger charge is -2.07. The van der Waals surface area contributed by atoms with E-state index in [1.807, 2.05) is 0 Å². The van der Waals surface area contributed by atoms with E-state index < -0.39 is 21.7 Å². The van der Waals surface area contributed by atoms with Gasteiger partial charge in [-0.25, -0.2) is 12.8 Å². The summed E-state index contributed by atoms with van der Waals surface area (Å²) < 4.78 is 37.5. The Kier molecular flexibility index (Phi) is 4.68. The molecule has 0 spiro atoms. The van der Waals surface area contributed by atoms with E-state index >= 15 is 0 Å². The van der Waals surface area contributed by atoms with Gasteiger partial charge in [0.25, 0.3) is 5.91 Å². The van der Waals surface area contributed by atoms with Gasteiger partial charge in [-0.15, -0.1) is 0 Å². The largest absolute Gasteiger partial charge is 0.322 e. The number of rotatable bonds is 4. The first-order chi connectivity index (χ1) is 10.2. The van der Waals surface area contributed by atoms with Crippen molar-refractivity contribution in [3.63, 3.8) is 0 Å². The van der Waals surface area contributed by atoms with Crippen LogP contribution in [0.2, 0.25) is 5.02 Å². The van der Waals surface area contributed by atoms with Crippen LogP contribution >= 0.6 is 11.6 Å². The molecule has 0 aromatic heterocycles. The van der Waals surface area contributed by atoms with Crippen LogP contribution in [-0.2, 0) is 10.0 Å². The van der Waals surface area contributed by atoms with E-state index in [4.69, 9.17) is 11.6 Å². The molecule has 0 saturated heterocycles. The third-order valence-electron chi connectivity index (χ3n) is 2.63. The van der Waals surface area contributed by atoms with E-state index in [-0.39, 0.29) is 5.02 Å². The Morgan fingerprint density at radius 1 is 1.09 bits per heavy atom. The Morgan fingerprint density at radius 2 is 1.68 bits per heavy atom. The van der Waals surface area contributed by atoms with Gasteiger partial charge >= 0.3 is 0 Å². The molecule has 0 aliphatic rings. The maximum Gasteiger partial charge on any atom is 0.255 e. The van der Waals surface area contributed by atoms with Gasteiger partial charge in [0.15, 0.2) is 0 Å². The molecule has 0 fully saturated rings. The highest BCUT2D eigenvalue weighted by atomic mass is 35.5.